The summed E-state index contributed by atoms with van der Waals surface area (Å²) in [6.07, 6.45) is 3.84. The Labute approximate surface area is 261 Å². The summed E-state index contributed by atoms with van der Waals surface area (Å²) >= 11 is 0. The van der Waals surface area contributed by atoms with Crippen LogP contribution in [-0.2, 0) is 5.60 Å². The zero-order valence-electron chi connectivity index (χ0n) is 25.1. The summed E-state index contributed by atoms with van der Waals surface area (Å²) < 4.78 is 2.34. The Hall–Kier alpha value is -5.58. The van der Waals surface area contributed by atoms with Crippen molar-refractivity contribution in [3.05, 3.63) is 151 Å². The van der Waals surface area contributed by atoms with Gasteiger partial charge in [0.15, 0.2) is 0 Å². The second-order valence-corrected chi connectivity index (χ2v) is 12.0. The van der Waals surface area contributed by atoms with Crippen LogP contribution in [-0.4, -0.2) is 19.6 Å². The minimum absolute atomic E-state index is 0.889. The molecule has 0 aliphatic rings. The third-order valence-electron chi connectivity index (χ3n) is 8.66. The van der Waals surface area contributed by atoms with E-state index in [9.17, 15) is 5.11 Å². The minimum atomic E-state index is -1.01. The van der Waals surface area contributed by atoms with Gasteiger partial charge in [0.1, 0.15) is 0 Å². The molecule has 0 unspecified atom stereocenters. The highest BCUT2D eigenvalue weighted by molar-refractivity contribution is 6.24. The number of rotatable bonds is 5. The molecular formula is C41H31N3O. The molecule has 45 heavy (non-hydrogen) atoms. The van der Waals surface area contributed by atoms with Crippen molar-refractivity contribution in [2.45, 2.75) is 19.4 Å². The monoisotopic (exact) mass is 581 g/mol. The van der Waals surface area contributed by atoms with Crippen LogP contribution in [0.1, 0.15) is 19.4 Å². The fourth-order valence-electron chi connectivity index (χ4n) is 6.64. The van der Waals surface area contributed by atoms with Crippen molar-refractivity contribution >= 4 is 32.6 Å². The van der Waals surface area contributed by atoms with Gasteiger partial charge >= 0.3 is 0 Å². The predicted molar refractivity (Wildman–Crippen MR) is 185 cm³/mol. The number of nitrogens with zero attached hydrogens (tertiary/aromatic N) is 3. The van der Waals surface area contributed by atoms with E-state index in [0.717, 1.165) is 77.5 Å². The van der Waals surface area contributed by atoms with Gasteiger partial charge in [0, 0.05) is 34.3 Å². The first-order valence-electron chi connectivity index (χ1n) is 15.2. The summed E-state index contributed by atoms with van der Waals surface area (Å²) in [5.41, 5.74) is 9.07. The van der Waals surface area contributed by atoms with Gasteiger partial charge in [0.25, 0.3) is 0 Å². The molecule has 0 aliphatic carbocycles. The minimum Gasteiger partial charge on any atom is -0.386 e. The lowest BCUT2D eigenvalue weighted by molar-refractivity contribution is 0.0792. The zero-order chi connectivity index (χ0) is 30.5. The Morgan fingerprint density at radius 3 is 1.84 bits per heavy atom. The van der Waals surface area contributed by atoms with E-state index in [1.165, 1.54) is 0 Å². The van der Waals surface area contributed by atoms with Crippen LogP contribution in [0, 0.1) is 0 Å². The fraction of sp³-hybridized carbons (Fsp3) is 0.0732. The largest absolute Gasteiger partial charge is 0.386 e. The standard InChI is InChI=1S/C41H31N3O/c1-41(2,45)35-20-12-11-18-31(35)33-25-39-40(32-19-10-9-17-30(32)33)34-26-42-22-21-38(34)44(39)29-23-36(27-13-5-3-6-14-27)43-37(24-29)28-15-7-4-8-16-28/h3-26,45H,1-2H3. The Balaban J connectivity index is 1.51. The number of hydrogen-bond acceptors (Lipinski definition) is 3. The summed E-state index contributed by atoms with van der Waals surface area (Å²) in [4.78, 5) is 9.72. The summed E-state index contributed by atoms with van der Waals surface area (Å²) in [6, 6.07) is 46.2. The van der Waals surface area contributed by atoms with Crippen LogP contribution in [0.5, 0.6) is 0 Å². The lowest BCUT2D eigenvalue weighted by Crippen LogP contribution is -2.16. The van der Waals surface area contributed by atoms with Crippen LogP contribution < -0.4 is 0 Å². The van der Waals surface area contributed by atoms with Crippen molar-refractivity contribution in [2.75, 3.05) is 0 Å². The van der Waals surface area contributed by atoms with E-state index in [1.54, 1.807) is 0 Å². The molecule has 0 bridgehead atoms. The van der Waals surface area contributed by atoms with Crippen molar-refractivity contribution in [1.82, 2.24) is 14.5 Å². The molecule has 0 radical (unpaired) electrons. The molecule has 216 valence electrons. The predicted octanol–water partition coefficient (Wildman–Crippen LogP) is 9.96. The molecular weight excluding hydrogens is 550 g/mol. The highest BCUT2D eigenvalue weighted by atomic mass is 16.3. The Kier molecular flexibility index (Phi) is 6.33. The van der Waals surface area contributed by atoms with E-state index in [2.05, 4.69) is 113 Å². The number of pyridine rings is 2. The Morgan fingerprint density at radius 1 is 0.578 bits per heavy atom. The summed E-state index contributed by atoms with van der Waals surface area (Å²) in [5.74, 6) is 0. The van der Waals surface area contributed by atoms with Gasteiger partial charge < -0.3 is 9.67 Å². The molecule has 0 saturated carbocycles. The molecule has 5 aromatic carbocycles. The lowest BCUT2D eigenvalue weighted by atomic mass is 9.87. The second kappa shape index (κ2) is 10.5. The first-order valence-corrected chi connectivity index (χ1v) is 15.2. The Bertz CT molecular complexity index is 2290. The van der Waals surface area contributed by atoms with E-state index in [-0.39, 0.29) is 0 Å². The van der Waals surface area contributed by atoms with Crippen molar-refractivity contribution in [3.8, 4) is 39.3 Å². The van der Waals surface area contributed by atoms with E-state index < -0.39 is 5.60 Å². The molecule has 0 amide bonds. The number of aliphatic hydroxyl groups is 1. The average Bonchev–Trinajstić information content (AvgIpc) is 3.42. The molecule has 3 heterocycles. The topological polar surface area (TPSA) is 50.9 Å². The molecule has 8 rings (SSSR count). The first kappa shape index (κ1) is 27.0. The maximum atomic E-state index is 11.2. The first-order chi connectivity index (χ1) is 22.0. The van der Waals surface area contributed by atoms with Gasteiger partial charge in [-0.2, -0.15) is 0 Å². The molecule has 8 aromatic rings. The number of aromatic nitrogens is 3. The van der Waals surface area contributed by atoms with Crippen molar-refractivity contribution in [1.29, 1.82) is 0 Å². The molecule has 4 heteroatoms. The summed E-state index contributed by atoms with van der Waals surface area (Å²) in [7, 11) is 0. The molecule has 0 aliphatic heterocycles. The molecule has 0 spiro atoms. The summed E-state index contributed by atoms with van der Waals surface area (Å²) in [5, 5.41) is 15.7. The molecule has 0 saturated heterocycles. The van der Waals surface area contributed by atoms with Gasteiger partial charge in [-0.15, -0.1) is 0 Å². The summed E-state index contributed by atoms with van der Waals surface area (Å²) in [6.45, 7) is 3.70. The van der Waals surface area contributed by atoms with Gasteiger partial charge in [0.05, 0.1) is 33.7 Å². The normalized spacial score (nSPS) is 11.9. The fourth-order valence-corrected chi connectivity index (χ4v) is 6.64. The molecule has 4 nitrogen and oxygen atoms in total. The van der Waals surface area contributed by atoms with Gasteiger partial charge in [-0.25, -0.2) is 4.98 Å². The number of hydrogen-bond donors (Lipinski definition) is 1. The van der Waals surface area contributed by atoms with E-state index in [0.29, 0.717) is 0 Å². The van der Waals surface area contributed by atoms with Crippen LogP contribution in [0.25, 0.3) is 71.9 Å². The van der Waals surface area contributed by atoms with Crippen LogP contribution in [0.15, 0.2) is 146 Å². The maximum Gasteiger partial charge on any atom is 0.0846 e. The highest BCUT2D eigenvalue weighted by Gasteiger charge is 2.24. The smallest absolute Gasteiger partial charge is 0.0846 e. The van der Waals surface area contributed by atoms with Crippen LogP contribution in [0.3, 0.4) is 0 Å². The van der Waals surface area contributed by atoms with Crippen LogP contribution in [0.2, 0.25) is 0 Å². The molecule has 1 N–H and O–H groups in total. The van der Waals surface area contributed by atoms with Crippen molar-refractivity contribution < 1.29 is 5.11 Å². The number of fused-ring (bicyclic) bond motifs is 5. The van der Waals surface area contributed by atoms with Crippen molar-refractivity contribution in [3.63, 3.8) is 0 Å². The van der Waals surface area contributed by atoms with Crippen LogP contribution in [0.4, 0.5) is 0 Å². The van der Waals surface area contributed by atoms with Crippen LogP contribution >= 0.6 is 0 Å². The van der Waals surface area contributed by atoms with E-state index >= 15 is 0 Å². The van der Waals surface area contributed by atoms with Gasteiger partial charge in [-0.3, -0.25) is 4.98 Å². The SMILES string of the molecule is CC(C)(O)c1ccccc1-c1cc2c(c3ccccc13)c1cnccc1n2-c1cc(-c2ccccc2)nc(-c2ccccc2)c1. The van der Waals surface area contributed by atoms with Crippen molar-refractivity contribution in [2.24, 2.45) is 0 Å². The molecule has 0 fully saturated rings. The maximum absolute atomic E-state index is 11.2. The average molecular weight is 582 g/mol. The quantitative estimate of drug-likeness (QED) is 0.220. The Morgan fingerprint density at radius 2 is 1.18 bits per heavy atom. The van der Waals surface area contributed by atoms with Gasteiger partial charge in [-0.1, -0.05) is 109 Å². The van der Waals surface area contributed by atoms with E-state index in [4.69, 9.17) is 4.98 Å². The third-order valence-corrected chi connectivity index (χ3v) is 8.66. The molecule has 0 atom stereocenters. The number of benzene rings is 5. The van der Waals surface area contributed by atoms with Gasteiger partial charge in [-0.05, 0) is 65.6 Å². The zero-order valence-corrected chi connectivity index (χ0v) is 25.1. The van der Waals surface area contributed by atoms with E-state index in [1.807, 2.05) is 56.6 Å². The van der Waals surface area contributed by atoms with Gasteiger partial charge in [0.2, 0.25) is 0 Å². The second-order valence-electron chi connectivity index (χ2n) is 12.0. The highest BCUT2D eigenvalue weighted by Crippen LogP contribution is 2.43. The third kappa shape index (κ3) is 4.59. The lowest BCUT2D eigenvalue weighted by Gasteiger charge is -2.23. The molecule has 3 aromatic heterocycles.